The van der Waals surface area contributed by atoms with Crippen LogP contribution < -0.4 is 0 Å². The summed E-state index contributed by atoms with van der Waals surface area (Å²) in [5.74, 6) is 0.0478. The molecule has 122 valence electrons. The SMILES string of the molecule is CC(=O)Cc1ccc(C(=O)Cc2cn(C)c3ccccc23)c(Cl)c1. The number of rotatable bonds is 5. The van der Waals surface area contributed by atoms with E-state index in [1.165, 1.54) is 6.92 Å². The van der Waals surface area contributed by atoms with Gasteiger partial charge >= 0.3 is 0 Å². The van der Waals surface area contributed by atoms with Crippen LogP contribution in [0.15, 0.2) is 48.7 Å². The number of nitrogens with zero attached hydrogens (tertiary/aromatic N) is 1. The van der Waals surface area contributed by atoms with E-state index in [1.54, 1.807) is 18.2 Å². The molecule has 2 aromatic carbocycles. The number of aromatic nitrogens is 1. The maximum Gasteiger partial charge on any atom is 0.168 e. The Balaban J connectivity index is 1.88. The topological polar surface area (TPSA) is 39.1 Å². The quantitative estimate of drug-likeness (QED) is 0.647. The maximum atomic E-state index is 12.7. The van der Waals surface area contributed by atoms with Crippen LogP contribution in [0.3, 0.4) is 0 Å². The summed E-state index contributed by atoms with van der Waals surface area (Å²) < 4.78 is 2.02. The molecule has 0 unspecified atom stereocenters. The van der Waals surface area contributed by atoms with Crippen LogP contribution in [0.1, 0.15) is 28.4 Å². The third-order valence-electron chi connectivity index (χ3n) is 4.12. The Bertz CT molecular complexity index is 940. The lowest BCUT2D eigenvalue weighted by atomic mass is 10.00. The van der Waals surface area contributed by atoms with Crippen molar-refractivity contribution in [3.63, 3.8) is 0 Å². The zero-order valence-electron chi connectivity index (χ0n) is 13.7. The zero-order valence-corrected chi connectivity index (χ0v) is 14.4. The number of para-hydroxylation sites is 1. The van der Waals surface area contributed by atoms with Crippen LogP contribution in [0.2, 0.25) is 5.02 Å². The summed E-state index contributed by atoms with van der Waals surface area (Å²) in [5, 5.41) is 1.48. The minimum atomic E-state index is -0.0225. The molecule has 0 bridgehead atoms. The molecule has 0 aliphatic carbocycles. The van der Waals surface area contributed by atoms with Gasteiger partial charge in [-0.1, -0.05) is 35.9 Å². The van der Waals surface area contributed by atoms with Gasteiger partial charge in [-0.2, -0.15) is 0 Å². The second-order valence-electron chi connectivity index (χ2n) is 6.08. The molecule has 3 aromatic rings. The van der Waals surface area contributed by atoms with Crippen molar-refractivity contribution in [2.45, 2.75) is 19.8 Å². The van der Waals surface area contributed by atoms with Crippen LogP contribution in [0, 0.1) is 0 Å². The Labute approximate surface area is 145 Å². The third kappa shape index (κ3) is 3.26. The molecule has 0 spiro atoms. The summed E-state index contributed by atoms with van der Waals surface area (Å²) in [5.41, 5.74) is 3.41. The number of benzene rings is 2. The van der Waals surface area contributed by atoms with Crippen LogP contribution in [-0.2, 0) is 24.7 Å². The minimum absolute atomic E-state index is 0.0225. The highest BCUT2D eigenvalue weighted by Gasteiger charge is 2.15. The van der Waals surface area contributed by atoms with E-state index in [0.717, 1.165) is 22.0 Å². The van der Waals surface area contributed by atoms with Gasteiger partial charge in [-0.3, -0.25) is 9.59 Å². The number of hydrogen-bond acceptors (Lipinski definition) is 2. The number of aryl methyl sites for hydroxylation is 1. The highest BCUT2D eigenvalue weighted by Crippen LogP contribution is 2.24. The summed E-state index contributed by atoms with van der Waals surface area (Å²) in [7, 11) is 1.97. The summed E-state index contributed by atoms with van der Waals surface area (Å²) in [6.45, 7) is 1.54. The first-order valence-corrected chi connectivity index (χ1v) is 8.17. The van der Waals surface area contributed by atoms with E-state index in [4.69, 9.17) is 11.6 Å². The standard InChI is InChI=1S/C20H18ClNO2/c1-13(23)9-14-7-8-17(18(21)10-14)20(24)11-15-12-22(2)19-6-4-3-5-16(15)19/h3-8,10,12H,9,11H2,1-2H3. The predicted octanol–water partition coefficient (Wildman–Crippen LogP) is 4.39. The number of halogens is 1. The summed E-state index contributed by atoms with van der Waals surface area (Å²) in [4.78, 5) is 23.9. The molecule has 24 heavy (non-hydrogen) atoms. The number of fused-ring (bicyclic) bond motifs is 1. The van der Waals surface area contributed by atoms with Crippen LogP contribution >= 0.6 is 11.6 Å². The first kappa shape index (κ1) is 16.5. The van der Waals surface area contributed by atoms with E-state index in [9.17, 15) is 9.59 Å². The molecule has 1 heterocycles. The van der Waals surface area contributed by atoms with Gasteiger partial charge in [-0.05, 0) is 36.2 Å². The third-order valence-corrected chi connectivity index (χ3v) is 4.43. The van der Waals surface area contributed by atoms with Gasteiger partial charge in [-0.25, -0.2) is 0 Å². The van der Waals surface area contributed by atoms with Gasteiger partial charge in [0.15, 0.2) is 5.78 Å². The fourth-order valence-electron chi connectivity index (χ4n) is 3.02. The second kappa shape index (κ2) is 6.62. The van der Waals surface area contributed by atoms with E-state index in [2.05, 4.69) is 0 Å². The average molecular weight is 340 g/mol. The summed E-state index contributed by atoms with van der Waals surface area (Å²) in [6.07, 6.45) is 2.62. The van der Waals surface area contributed by atoms with E-state index in [1.807, 2.05) is 42.1 Å². The highest BCUT2D eigenvalue weighted by atomic mass is 35.5. The van der Waals surface area contributed by atoms with Gasteiger partial charge in [0, 0.05) is 42.6 Å². The maximum absolute atomic E-state index is 12.7. The average Bonchev–Trinajstić information content (AvgIpc) is 2.83. The molecule has 0 fully saturated rings. The van der Waals surface area contributed by atoms with Crippen molar-refractivity contribution in [1.29, 1.82) is 0 Å². The van der Waals surface area contributed by atoms with Gasteiger partial charge in [-0.15, -0.1) is 0 Å². The molecule has 0 saturated heterocycles. The van der Waals surface area contributed by atoms with Crippen LogP contribution in [0.5, 0.6) is 0 Å². The van der Waals surface area contributed by atoms with Crippen molar-refractivity contribution in [3.8, 4) is 0 Å². The molecule has 0 atom stereocenters. The number of hydrogen-bond donors (Lipinski definition) is 0. The number of ketones is 2. The van der Waals surface area contributed by atoms with Crippen molar-refractivity contribution >= 4 is 34.1 Å². The second-order valence-corrected chi connectivity index (χ2v) is 6.48. The van der Waals surface area contributed by atoms with Gasteiger partial charge in [0.2, 0.25) is 0 Å². The van der Waals surface area contributed by atoms with Gasteiger partial charge in [0.1, 0.15) is 5.78 Å². The number of carbonyl (C=O) groups is 2. The molecule has 0 radical (unpaired) electrons. The summed E-state index contributed by atoms with van der Waals surface area (Å²) >= 11 is 6.26. The fourth-order valence-corrected chi connectivity index (χ4v) is 3.33. The molecular formula is C20H18ClNO2. The smallest absolute Gasteiger partial charge is 0.168 e. The number of Topliss-reactive ketones (excluding diaryl/α,β-unsaturated/α-hetero) is 2. The molecule has 0 N–H and O–H groups in total. The van der Waals surface area contributed by atoms with E-state index in [0.29, 0.717) is 23.4 Å². The van der Waals surface area contributed by atoms with Crippen molar-refractivity contribution < 1.29 is 9.59 Å². The van der Waals surface area contributed by atoms with Crippen LogP contribution in [0.4, 0.5) is 0 Å². The normalized spacial score (nSPS) is 11.0. The fraction of sp³-hybridized carbons (Fsp3) is 0.200. The Kier molecular flexibility index (Phi) is 4.54. The van der Waals surface area contributed by atoms with Gasteiger partial charge in [0.05, 0.1) is 5.02 Å². The van der Waals surface area contributed by atoms with E-state index < -0.39 is 0 Å². The number of carbonyl (C=O) groups excluding carboxylic acids is 2. The molecule has 0 amide bonds. The Morgan fingerprint density at radius 1 is 1.08 bits per heavy atom. The zero-order chi connectivity index (χ0) is 17.3. The lowest BCUT2D eigenvalue weighted by molar-refractivity contribution is -0.116. The molecule has 3 rings (SSSR count). The molecule has 3 nitrogen and oxygen atoms in total. The van der Waals surface area contributed by atoms with Crippen LogP contribution in [0.25, 0.3) is 10.9 Å². The minimum Gasteiger partial charge on any atom is -0.350 e. The van der Waals surface area contributed by atoms with Crippen molar-refractivity contribution in [3.05, 3.63) is 70.4 Å². The first-order valence-electron chi connectivity index (χ1n) is 7.79. The molecule has 0 aliphatic rings. The predicted molar refractivity (Wildman–Crippen MR) is 96.8 cm³/mol. The summed E-state index contributed by atoms with van der Waals surface area (Å²) in [6, 6.07) is 13.2. The lowest BCUT2D eigenvalue weighted by Crippen LogP contribution is -2.05. The Morgan fingerprint density at radius 3 is 2.54 bits per heavy atom. The van der Waals surface area contributed by atoms with Crippen LogP contribution in [-0.4, -0.2) is 16.1 Å². The highest BCUT2D eigenvalue weighted by molar-refractivity contribution is 6.34. The molecular weight excluding hydrogens is 322 g/mol. The van der Waals surface area contributed by atoms with Gasteiger partial charge < -0.3 is 4.57 Å². The van der Waals surface area contributed by atoms with Crippen molar-refractivity contribution in [1.82, 2.24) is 4.57 Å². The molecule has 0 saturated carbocycles. The monoisotopic (exact) mass is 339 g/mol. The van der Waals surface area contributed by atoms with Crippen molar-refractivity contribution in [2.24, 2.45) is 7.05 Å². The van der Waals surface area contributed by atoms with Gasteiger partial charge in [0.25, 0.3) is 0 Å². The van der Waals surface area contributed by atoms with E-state index in [-0.39, 0.29) is 11.6 Å². The first-order chi connectivity index (χ1) is 11.5. The lowest BCUT2D eigenvalue weighted by Gasteiger charge is -2.06. The Morgan fingerprint density at radius 2 is 1.83 bits per heavy atom. The largest absolute Gasteiger partial charge is 0.350 e. The Hall–Kier alpha value is -2.39. The van der Waals surface area contributed by atoms with E-state index >= 15 is 0 Å². The molecule has 0 aliphatic heterocycles. The van der Waals surface area contributed by atoms with Crippen molar-refractivity contribution in [2.75, 3.05) is 0 Å². The molecule has 1 aromatic heterocycles. The molecule has 4 heteroatoms.